The lowest BCUT2D eigenvalue weighted by molar-refractivity contribution is -0.137. The van der Waals surface area contributed by atoms with E-state index in [1.807, 2.05) is 18.2 Å². The summed E-state index contributed by atoms with van der Waals surface area (Å²) in [6, 6.07) is 20.1. The topological polar surface area (TPSA) is 58.6 Å². The lowest BCUT2D eigenvalue weighted by atomic mass is 10.0. The van der Waals surface area contributed by atoms with E-state index in [0.29, 0.717) is 17.2 Å². The molecule has 1 aliphatic rings. The number of rotatable bonds is 4. The molecule has 0 bridgehead atoms. The first kappa shape index (κ1) is 22.2. The Bertz CT molecular complexity index is 1260. The molecule has 9 heteroatoms. The minimum absolute atomic E-state index is 0.178. The highest BCUT2D eigenvalue weighted by Crippen LogP contribution is 2.33. The maximum atomic E-state index is 13.3. The SMILES string of the molecule is O=C1NC(=S)N(c2ccc(Oc3ccccc3)cc2)C(=O)/C1=C/c1ccccc1C(F)(F)F. The molecule has 4 rings (SSSR count). The Balaban J connectivity index is 1.64. The molecule has 3 aromatic rings. The van der Waals surface area contributed by atoms with E-state index in [2.05, 4.69) is 5.32 Å². The first-order chi connectivity index (χ1) is 15.7. The van der Waals surface area contributed by atoms with Gasteiger partial charge in [-0.2, -0.15) is 13.2 Å². The van der Waals surface area contributed by atoms with E-state index in [1.54, 1.807) is 36.4 Å². The molecule has 1 heterocycles. The molecule has 0 radical (unpaired) electrons. The Kier molecular flexibility index (Phi) is 5.97. The van der Waals surface area contributed by atoms with E-state index in [1.165, 1.54) is 18.2 Å². The van der Waals surface area contributed by atoms with Crippen LogP contribution in [0.15, 0.2) is 84.4 Å². The predicted octanol–water partition coefficient (Wildman–Crippen LogP) is 5.33. The standard InChI is InChI=1S/C24H15F3N2O3S/c25-24(26,27)20-9-5-4-6-15(20)14-19-21(30)28-23(33)29(22(19)31)16-10-12-18(13-11-16)32-17-7-2-1-3-8-17/h1-14H,(H,28,30,33)/b19-14+. The van der Waals surface area contributed by atoms with Crippen LogP contribution in [-0.2, 0) is 15.8 Å². The Morgan fingerprint density at radius 2 is 1.45 bits per heavy atom. The molecule has 3 aromatic carbocycles. The zero-order valence-corrected chi connectivity index (χ0v) is 17.6. The highest BCUT2D eigenvalue weighted by Gasteiger charge is 2.36. The van der Waals surface area contributed by atoms with E-state index in [0.717, 1.165) is 17.0 Å². The third-order valence-electron chi connectivity index (χ3n) is 4.74. The van der Waals surface area contributed by atoms with E-state index >= 15 is 0 Å². The molecule has 1 fully saturated rings. The van der Waals surface area contributed by atoms with Gasteiger partial charge in [0, 0.05) is 0 Å². The monoisotopic (exact) mass is 468 g/mol. The summed E-state index contributed by atoms with van der Waals surface area (Å²) < 4.78 is 45.7. The van der Waals surface area contributed by atoms with Crippen LogP contribution in [0.3, 0.4) is 0 Å². The normalized spacial score (nSPS) is 15.5. The molecule has 1 saturated heterocycles. The van der Waals surface area contributed by atoms with Crippen molar-refractivity contribution in [3.05, 3.63) is 95.6 Å². The van der Waals surface area contributed by atoms with E-state index < -0.39 is 29.1 Å². The van der Waals surface area contributed by atoms with E-state index in [4.69, 9.17) is 17.0 Å². The largest absolute Gasteiger partial charge is 0.457 e. The summed E-state index contributed by atoms with van der Waals surface area (Å²) in [6.45, 7) is 0. The van der Waals surface area contributed by atoms with Crippen LogP contribution in [0.5, 0.6) is 11.5 Å². The van der Waals surface area contributed by atoms with Gasteiger partial charge in [-0.05, 0) is 66.3 Å². The number of ether oxygens (including phenoxy) is 1. The first-order valence-corrected chi connectivity index (χ1v) is 10.1. The quantitative estimate of drug-likeness (QED) is 0.320. The average Bonchev–Trinajstić information content (AvgIpc) is 2.78. The second-order valence-corrected chi connectivity index (χ2v) is 7.34. The second kappa shape index (κ2) is 8.87. The van der Waals surface area contributed by atoms with Crippen LogP contribution in [0, 0.1) is 0 Å². The van der Waals surface area contributed by atoms with Gasteiger partial charge in [-0.25, -0.2) is 0 Å². The summed E-state index contributed by atoms with van der Waals surface area (Å²) in [4.78, 5) is 26.5. The summed E-state index contributed by atoms with van der Waals surface area (Å²) in [5.41, 5.74) is -1.41. The Hall–Kier alpha value is -3.98. The predicted molar refractivity (Wildman–Crippen MR) is 121 cm³/mol. The fourth-order valence-corrected chi connectivity index (χ4v) is 3.50. The second-order valence-electron chi connectivity index (χ2n) is 6.95. The van der Waals surface area contributed by atoms with Gasteiger partial charge in [0.05, 0.1) is 11.3 Å². The van der Waals surface area contributed by atoms with Crippen molar-refractivity contribution < 1.29 is 27.5 Å². The van der Waals surface area contributed by atoms with Crippen molar-refractivity contribution >= 4 is 40.9 Å². The number of amides is 2. The Labute approximate surface area is 192 Å². The number of halogens is 3. The molecule has 0 atom stereocenters. The molecule has 0 aliphatic carbocycles. The van der Waals surface area contributed by atoms with Gasteiger partial charge >= 0.3 is 6.18 Å². The van der Waals surface area contributed by atoms with Gasteiger partial charge in [0.25, 0.3) is 11.8 Å². The number of hydrogen-bond acceptors (Lipinski definition) is 4. The third-order valence-corrected chi connectivity index (χ3v) is 5.03. The summed E-state index contributed by atoms with van der Waals surface area (Å²) in [5, 5.41) is 2.18. The van der Waals surface area contributed by atoms with Crippen molar-refractivity contribution in [3.8, 4) is 11.5 Å². The number of hydrogen-bond donors (Lipinski definition) is 1. The Morgan fingerprint density at radius 3 is 2.12 bits per heavy atom. The minimum Gasteiger partial charge on any atom is -0.457 e. The summed E-state index contributed by atoms with van der Waals surface area (Å²) in [5.74, 6) is -0.588. The molecule has 33 heavy (non-hydrogen) atoms. The molecule has 1 aliphatic heterocycles. The smallest absolute Gasteiger partial charge is 0.416 e. The lowest BCUT2D eigenvalue weighted by Gasteiger charge is -2.29. The summed E-state index contributed by atoms with van der Waals surface area (Å²) >= 11 is 5.14. The van der Waals surface area contributed by atoms with Gasteiger partial charge in [-0.1, -0.05) is 36.4 Å². The maximum Gasteiger partial charge on any atom is 0.416 e. The number of para-hydroxylation sites is 1. The molecule has 0 unspecified atom stereocenters. The number of anilines is 1. The number of carbonyl (C=O) groups is 2. The molecule has 0 spiro atoms. The molecule has 0 aromatic heterocycles. The van der Waals surface area contributed by atoms with Crippen LogP contribution in [0.25, 0.3) is 6.08 Å². The first-order valence-electron chi connectivity index (χ1n) is 9.65. The number of alkyl halides is 3. The van der Waals surface area contributed by atoms with Crippen molar-refractivity contribution in [2.24, 2.45) is 0 Å². The molecular weight excluding hydrogens is 453 g/mol. The zero-order valence-electron chi connectivity index (χ0n) is 16.8. The molecular formula is C24H15F3N2O3S. The van der Waals surface area contributed by atoms with Crippen LogP contribution in [-0.4, -0.2) is 16.9 Å². The highest BCUT2D eigenvalue weighted by atomic mass is 32.1. The maximum absolute atomic E-state index is 13.3. The molecule has 2 amide bonds. The van der Waals surface area contributed by atoms with Crippen LogP contribution in [0.4, 0.5) is 18.9 Å². The molecule has 5 nitrogen and oxygen atoms in total. The number of nitrogens with one attached hydrogen (secondary N) is 1. The van der Waals surface area contributed by atoms with Crippen LogP contribution in [0.1, 0.15) is 11.1 Å². The number of carbonyl (C=O) groups excluding carboxylic acids is 2. The zero-order chi connectivity index (χ0) is 23.6. The van der Waals surface area contributed by atoms with Gasteiger partial charge in [0.1, 0.15) is 17.1 Å². The van der Waals surface area contributed by atoms with Gasteiger partial charge in [0.2, 0.25) is 0 Å². The van der Waals surface area contributed by atoms with Gasteiger partial charge in [-0.3, -0.25) is 19.8 Å². The fraction of sp³-hybridized carbons (Fsp3) is 0.0417. The number of thiocarbonyl (C=S) groups is 1. The highest BCUT2D eigenvalue weighted by molar-refractivity contribution is 7.80. The fourth-order valence-electron chi connectivity index (χ4n) is 3.22. The minimum atomic E-state index is -4.65. The van der Waals surface area contributed by atoms with E-state index in [9.17, 15) is 22.8 Å². The summed E-state index contributed by atoms with van der Waals surface area (Å²) in [6.07, 6.45) is -3.73. The Morgan fingerprint density at radius 1 is 0.848 bits per heavy atom. The van der Waals surface area contributed by atoms with Crippen molar-refractivity contribution in [3.63, 3.8) is 0 Å². The van der Waals surface area contributed by atoms with Crippen LogP contribution in [0.2, 0.25) is 0 Å². The van der Waals surface area contributed by atoms with Gasteiger partial charge in [0.15, 0.2) is 5.11 Å². The van der Waals surface area contributed by atoms with Crippen molar-refractivity contribution in [2.75, 3.05) is 4.90 Å². The van der Waals surface area contributed by atoms with Crippen LogP contribution < -0.4 is 15.0 Å². The average molecular weight is 468 g/mol. The third kappa shape index (κ3) is 4.78. The molecule has 1 N–H and O–H groups in total. The molecule has 0 saturated carbocycles. The van der Waals surface area contributed by atoms with Gasteiger partial charge in [-0.15, -0.1) is 0 Å². The number of nitrogens with zero attached hydrogens (tertiary/aromatic N) is 1. The van der Waals surface area contributed by atoms with Crippen molar-refractivity contribution in [1.82, 2.24) is 5.32 Å². The number of benzene rings is 3. The molecule has 166 valence electrons. The van der Waals surface area contributed by atoms with E-state index in [-0.39, 0.29) is 10.7 Å². The van der Waals surface area contributed by atoms with Crippen molar-refractivity contribution in [2.45, 2.75) is 6.18 Å². The lowest BCUT2D eigenvalue weighted by Crippen LogP contribution is -2.54. The summed E-state index contributed by atoms with van der Waals surface area (Å²) in [7, 11) is 0. The van der Waals surface area contributed by atoms with Gasteiger partial charge < -0.3 is 4.74 Å². The van der Waals surface area contributed by atoms with Crippen molar-refractivity contribution in [1.29, 1.82) is 0 Å². The van der Waals surface area contributed by atoms with Crippen LogP contribution >= 0.6 is 12.2 Å².